The lowest BCUT2D eigenvalue weighted by Crippen LogP contribution is -2.14. The lowest BCUT2D eigenvalue weighted by molar-refractivity contribution is -0.137. The van der Waals surface area contributed by atoms with Gasteiger partial charge in [-0.25, -0.2) is 40.4 Å². The first kappa shape index (κ1) is 25.5. The summed E-state index contributed by atoms with van der Waals surface area (Å²) in [7, 11) is -6.88. The van der Waals surface area contributed by atoms with Crippen molar-refractivity contribution in [3.8, 4) is 22.6 Å². The maximum Gasteiger partial charge on any atom is 0.419 e. The van der Waals surface area contributed by atoms with Gasteiger partial charge in [0.15, 0.2) is 5.65 Å². The van der Waals surface area contributed by atoms with Crippen molar-refractivity contribution < 1.29 is 30.0 Å². The predicted molar refractivity (Wildman–Crippen MR) is 128 cm³/mol. The van der Waals surface area contributed by atoms with Gasteiger partial charge in [0.25, 0.3) is 10.0 Å². The van der Waals surface area contributed by atoms with Crippen molar-refractivity contribution in [2.45, 2.75) is 16.2 Å². The Morgan fingerprint density at radius 1 is 0.921 bits per heavy atom. The number of hydrogen-bond acceptors (Lipinski definition) is 9. The molecule has 0 aliphatic rings. The van der Waals surface area contributed by atoms with Crippen molar-refractivity contribution in [3.63, 3.8) is 0 Å². The van der Waals surface area contributed by atoms with Gasteiger partial charge in [0.1, 0.15) is 11.3 Å². The number of fused-ring (bicyclic) bond motifs is 1. The first-order valence-electron chi connectivity index (χ1n) is 10.6. The van der Waals surface area contributed by atoms with E-state index in [0.29, 0.717) is 11.9 Å². The molecule has 0 N–H and O–H groups in total. The summed E-state index contributed by atoms with van der Waals surface area (Å²) in [5.74, 6) is 0. The summed E-state index contributed by atoms with van der Waals surface area (Å²) < 4.78 is 95.4. The molecule has 196 valence electrons. The molecule has 0 atom stereocenters. The summed E-state index contributed by atoms with van der Waals surface area (Å²) in [6.07, 6.45) is -1.55. The van der Waals surface area contributed by atoms with Gasteiger partial charge in [-0.1, -0.05) is 23.4 Å². The molecule has 16 heteroatoms. The van der Waals surface area contributed by atoms with Crippen LogP contribution in [0.15, 0.2) is 71.1 Å². The fourth-order valence-electron chi connectivity index (χ4n) is 3.77. The number of aryl methyl sites for hydroxylation is 1. The highest BCUT2D eigenvalue weighted by atomic mass is 32.2. The fourth-order valence-corrected chi connectivity index (χ4v) is 5.61. The summed E-state index contributed by atoms with van der Waals surface area (Å²) in [4.78, 5) is 11.3. The minimum atomic E-state index is -4.98. The predicted octanol–water partition coefficient (Wildman–Crippen LogP) is 2.95. The number of aromatic nitrogens is 7. The minimum Gasteiger partial charge on any atom is -0.246 e. The maximum atomic E-state index is 14.0. The first-order chi connectivity index (χ1) is 17.8. The van der Waals surface area contributed by atoms with Gasteiger partial charge >= 0.3 is 6.18 Å². The first-order valence-corrected chi connectivity index (χ1v) is 13.9. The number of nitrogens with zero attached hydrogens (tertiary/aromatic N) is 7. The maximum absolute atomic E-state index is 14.0. The summed E-state index contributed by atoms with van der Waals surface area (Å²) >= 11 is 0. The summed E-state index contributed by atoms with van der Waals surface area (Å²) in [5, 5.41) is 6.72. The Hall–Kier alpha value is -4.18. The number of rotatable bonds is 5. The Kier molecular flexibility index (Phi) is 5.83. The second kappa shape index (κ2) is 8.70. The average molecular weight is 564 g/mol. The zero-order valence-electron chi connectivity index (χ0n) is 19.5. The molecular formula is C22H16F3N7O4S2. The smallest absolute Gasteiger partial charge is 0.246 e. The number of hydrogen-bond donors (Lipinski definition) is 0. The molecule has 0 bridgehead atoms. The molecule has 11 nitrogen and oxygen atoms in total. The molecule has 5 aromatic rings. The van der Waals surface area contributed by atoms with Gasteiger partial charge in [-0.15, -0.1) is 5.10 Å². The number of halogens is 3. The summed E-state index contributed by atoms with van der Waals surface area (Å²) in [5.41, 5.74) is -2.01. The molecule has 0 aliphatic heterocycles. The third-order valence-corrected chi connectivity index (χ3v) is 8.08. The van der Waals surface area contributed by atoms with Crippen LogP contribution in [0.3, 0.4) is 0 Å². The molecule has 0 radical (unpaired) electrons. The third-order valence-electron chi connectivity index (χ3n) is 5.56. The van der Waals surface area contributed by atoms with Crippen molar-refractivity contribution in [1.82, 2.24) is 33.9 Å². The summed E-state index contributed by atoms with van der Waals surface area (Å²) in [6, 6.07) is 10.1. The van der Waals surface area contributed by atoms with Crippen molar-refractivity contribution in [1.29, 1.82) is 0 Å². The van der Waals surface area contributed by atoms with Crippen molar-refractivity contribution >= 4 is 30.9 Å². The molecule has 0 aliphatic carbocycles. The normalized spacial score (nSPS) is 12.8. The van der Waals surface area contributed by atoms with Crippen LogP contribution in [0.2, 0.25) is 0 Å². The SMILES string of the molecule is Cn1nncc1-c1ccc2c(-c3nc(S(C)(=O)=O)ncc3C(F)(F)F)cn(S(=O)(=O)c3ccccc3)c2n1. The highest BCUT2D eigenvalue weighted by molar-refractivity contribution is 7.90. The van der Waals surface area contributed by atoms with Crippen LogP contribution < -0.4 is 0 Å². The molecule has 0 unspecified atom stereocenters. The monoisotopic (exact) mass is 563 g/mol. The van der Waals surface area contributed by atoms with Crippen molar-refractivity contribution in [2.75, 3.05) is 6.26 Å². The molecule has 0 saturated heterocycles. The molecule has 1 aromatic carbocycles. The van der Waals surface area contributed by atoms with Gasteiger partial charge in [-0.05, 0) is 24.3 Å². The lowest BCUT2D eigenvalue weighted by Gasteiger charge is -2.12. The van der Waals surface area contributed by atoms with Crippen LogP contribution in [-0.2, 0) is 33.1 Å². The quantitative estimate of drug-likeness (QED) is 0.295. The molecule has 38 heavy (non-hydrogen) atoms. The minimum absolute atomic E-state index is 0.0213. The van der Waals surface area contributed by atoms with E-state index in [1.807, 2.05) is 0 Å². The van der Waals surface area contributed by atoms with Gasteiger partial charge in [-0.3, -0.25) is 0 Å². The molecule has 0 spiro atoms. The van der Waals surface area contributed by atoms with Gasteiger partial charge in [0, 0.05) is 36.6 Å². The van der Waals surface area contributed by atoms with E-state index in [4.69, 9.17) is 0 Å². The van der Waals surface area contributed by atoms with Gasteiger partial charge in [0.05, 0.1) is 22.5 Å². The Balaban J connectivity index is 1.88. The van der Waals surface area contributed by atoms with Crippen LogP contribution in [0.25, 0.3) is 33.7 Å². The van der Waals surface area contributed by atoms with E-state index in [0.717, 1.165) is 16.4 Å². The Bertz CT molecular complexity index is 1920. The number of sulfone groups is 1. The van der Waals surface area contributed by atoms with Crippen molar-refractivity contribution in [3.05, 3.63) is 66.6 Å². The topological polar surface area (TPSA) is 143 Å². The van der Waals surface area contributed by atoms with Crippen LogP contribution in [0.4, 0.5) is 13.2 Å². The zero-order valence-corrected chi connectivity index (χ0v) is 21.1. The van der Waals surface area contributed by atoms with E-state index < -0.39 is 42.5 Å². The molecule has 0 saturated carbocycles. The van der Waals surface area contributed by atoms with Gasteiger partial charge in [0.2, 0.25) is 15.0 Å². The Labute approximate surface area is 213 Å². The van der Waals surface area contributed by atoms with Crippen LogP contribution in [-0.4, -0.2) is 57.0 Å². The van der Waals surface area contributed by atoms with E-state index in [2.05, 4.69) is 25.3 Å². The highest BCUT2D eigenvalue weighted by Crippen LogP contribution is 2.40. The largest absolute Gasteiger partial charge is 0.419 e. The molecular weight excluding hydrogens is 547 g/mol. The summed E-state index contributed by atoms with van der Waals surface area (Å²) in [6.45, 7) is 0. The van der Waals surface area contributed by atoms with Crippen LogP contribution in [0.5, 0.6) is 0 Å². The van der Waals surface area contributed by atoms with E-state index in [1.54, 1.807) is 13.1 Å². The second-order valence-electron chi connectivity index (χ2n) is 8.15. The van der Waals surface area contributed by atoms with Gasteiger partial charge < -0.3 is 0 Å². The third kappa shape index (κ3) is 4.30. The van der Waals surface area contributed by atoms with E-state index >= 15 is 0 Å². The van der Waals surface area contributed by atoms with E-state index in [1.165, 1.54) is 47.3 Å². The van der Waals surface area contributed by atoms with Gasteiger partial charge in [-0.2, -0.15) is 13.2 Å². The average Bonchev–Trinajstić information content (AvgIpc) is 3.46. The Morgan fingerprint density at radius 3 is 2.24 bits per heavy atom. The van der Waals surface area contributed by atoms with Crippen LogP contribution in [0.1, 0.15) is 5.56 Å². The Morgan fingerprint density at radius 2 is 1.63 bits per heavy atom. The second-order valence-corrected chi connectivity index (χ2v) is 11.9. The fraction of sp³-hybridized carbons (Fsp3) is 0.136. The number of pyridine rings is 1. The molecule has 0 fully saturated rings. The van der Waals surface area contributed by atoms with E-state index in [9.17, 15) is 30.0 Å². The molecule has 4 aromatic heterocycles. The van der Waals surface area contributed by atoms with Crippen LogP contribution >= 0.6 is 0 Å². The highest BCUT2D eigenvalue weighted by Gasteiger charge is 2.37. The standard InChI is InChI=1S/C22H16F3N7O4S2/c1-31-18(11-27-30-31)17-9-8-14-15(19-16(22(23,24)25)10-26-21(29-19)37(2,33)34)12-32(20(14)28-17)38(35,36)13-6-4-3-5-7-13/h3-12H,1-2H3. The molecule has 4 heterocycles. The van der Waals surface area contributed by atoms with Crippen LogP contribution in [0, 0.1) is 0 Å². The van der Waals surface area contributed by atoms with Crippen molar-refractivity contribution in [2.24, 2.45) is 7.05 Å². The molecule has 0 amide bonds. The number of alkyl halides is 3. The molecule has 5 rings (SSSR count). The zero-order chi connectivity index (χ0) is 27.5. The lowest BCUT2D eigenvalue weighted by atomic mass is 10.1. The number of benzene rings is 1. The van der Waals surface area contributed by atoms with E-state index in [-0.39, 0.29) is 27.2 Å².